The quantitative estimate of drug-likeness (QED) is 0.819. The summed E-state index contributed by atoms with van der Waals surface area (Å²) in [5.41, 5.74) is 0.0693. The molecule has 0 amide bonds. The van der Waals surface area contributed by atoms with Gasteiger partial charge >= 0.3 is 5.97 Å². The molecule has 0 aliphatic heterocycles. The smallest absolute Gasteiger partial charge is 0.337 e. The molecule has 0 spiro atoms. The molecule has 0 aromatic carbocycles. The van der Waals surface area contributed by atoms with Crippen molar-refractivity contribution < 1.29 is 18.3 Å². The van der Waals surface area contributed by atoms with Crippen molar-refractivity contribution in [3.8, 4) is 0 Å². The van der Waals surface area contributed by atoms with Crippen LogP contribution in [0.1, 0.15) is 36.5 Å². The molecule has 1 aliphatic rings. The number of carbonyl (C=O) groups is 1. The lowest BCUT2D eigenvalue weighted by Crippen LogP contribution is -2.30. The van der Waals surface area contributed by atoms with Gasteiger partial charge in [0.15, 0.2) is 5.03 Å². The standard InChI is InChI=1S/C12H16N2O4S/c1-2-12(5-6-12)8-14-19(17,18)10-4-3-9(7-13-10)11(15)16/h3-4,7,14H,2,5-6,8H2,1H3,(H,15,16). The molecule has 0 saturated heterocycles. The highest BCUT2D eigenvalue weighted by Gasteiger charge is 2.41. The van der Waals surface area contributed by atoms with E-state index in [1.807, 2.05) is 6.92 Å². The van der Waals surface area contributed by atoms with Crippen molar-refractivity contribution in [3.05, 3.63) is 23.9 Å². The summed E-state index contributed by atoms with van der Waals surface area (Å²) in [6.07, 6.45) is 4.07. The lowest BCUT2D eigenvalue weighted by Gasteiger charge is -2.13. The van der Waals surface area contributed by atoms with E-state index in [4.69, 9.17) is 5.11 Å². The van der Waals surface area contributed by atoms with Crippen molar-refractivity contribution in [2.24, 2.45) is 5.41 Å². The number of hydrogen-bond donors (Lipinski definition) is 2. The molecule has 1 aromatic heterocycles. The molecule has 0 unspecified atom stereocenters. The van der Waals surface area contributed by atoms with Crippen LogP contribution < -0.4 is 4.72 Å². The molecule has 1 heterocycles. The van der Waals surface area contributed by atoms with E-state index in [1.165, 1.54) is 12.1 Å². The third-order valence-electron chi connectivity index (χ3n) is 3.60. The van der Waals surface area contributed by atoms with Gasteiger partial charge in [0.2, 0.25) is 0 Å². The third-order valence-corrected chi connectivity index (χ3v) is 4.92. The molecule has 1 fully saturated rings. The first kappa shape index (κ1) is 14.0. The van der Waals surface area contributed by atoms with Crippen molar-refractivity contribution in [2.75, 3.05) is 6.54 Å². The van der Waals surface area contributed by atoms with Crippen molar-refractivity contribution in [3.63, 3.8) is 0 Å². The minimum Gasteiger partial charge on any atom is -0.478 e. The number of carboxylic acids is 1. The number of aromatic nitrogens is 1. The highest BCUT2D eigenvalue weighted by atomic mass is 32.2. The van der Waals surface area contributed by atoms with Gasteiger partial charge in [-0.15, -0.1) is 0 Å². The lowest BCUT2D eigenvalue weighted by atomic mass is 10.1. The SMILES string of the molecule is CCC1(CNS(=O)(=O)c2ccc(C(=O)O)cn2)CC1. The molecule has 0 atom stereocenters. The van der Waals surface area contributed by atoms with Crippen LogP contribution in [0.15, 0.2) is 23.4 Å². The molecule has 7 heteroatoms. The number of aromatic carboxylic acids is 1. The fourth-order valence-corrected chi connectivity index (χ4v) is 2.90. The average Bonchev–Trinajstić information content (AvgIpc) is 3.17. The minimum absolute atomic E-state index is 0.0360. The Labute approximate surface area is 111 Å². The second kappa shape index (κ2) is 4.90. The number of nitrogens with one attached hydrogen (secondary N) is 1. The number of rotatable bonds is 6. The van der Waals surface area contributed by atoms with Gasteiger partial charge in [0.05, 0.1) is 5.56 Å². The Kier molecular flexibility index (Phi) is 3.60. The highest BCUT2D eigenvalue weighted by molar-refractivity contribution is 7.89. The number of hydrogen-bond acceptors (Lipinski definition) is 4. The summed E-state index contributed by atoms with van der Waals surface area (Å²) < 4.78 is 26.5. The van der Waals surface area contributed by atoms with Gasteiger partial charge in [-0.05, 0) is 36.8 Å². The van der Waals surface area contributed by atoms with Crippen LogP contribution in [0, 0.1) is 5.41 Å². The van der Waals surface area contributed by atoms with Crippen molar-refractivity contribution in [1.29, 1.82) is 0 Å². The second-order valence-corrected chi connectivity index (χ2v) is 6.58. The Hall–Kier alpha value is -1.47. The average molecular weight is 284 g/mol. The number of pyridine rings is 1. The molecule has 1 saturated carbocycles. The molecule has 6 nitrogen and oxygen atoms in total. The van der Waals surface area contributed by atoms with Gasteiger partial charge in [0.1, 0.15) is 0 Å². The molecule has 2 rings (SSSR count). The summed E-state index contributed by atoms with van der Waals surface area (Å²) in [5.74, 6) is -1.13. The molecule has 19 heavy (non-hydrogen) atoms. The Morgan fingerprint density at radius 2 is 2.16 bits per heavy atom. The Balaban J connectivity index is 2.08. The van der Waals surface area contributed by atoms with E-state index in [2.05, 4.69) is 9.71 Å². The van der Waals surface area contributed by atoms with Crippen LogP contribution in [0.25, 0.3) is 0 Å². The third kappa shape index (κ3) is 3.10. The maximum Gasteiger partial charge on any atom is 0.337 e. The van der Waals surface area contributed by atoms with Gasteiger partial charge < -0.3 is 5.11 Å². The summed E-state index contributed by atoms with van der Waals surface area (Å²) >= 11 is 0. The molecular formula is C12H16N2O4S. The van der Waals surface area contributed by atoms with Crippen LogP contribution >= 0.6 is 0 Å². The number of carboxylic acid groups (broad SMARTS) is 1. The van der Waals surface area contributed by atoms with Gasteiger partial charge in [-0.1, -0.05) is 6.92 Å². The van der Waals surface area contributed by atoms with Crippen LogP contribution in [0.5, 0.6) is 0 Å². The molecule has 2 N–H and O–H groups in total. The molecule has 0 radical (unpaired) electrons. The summed E-state index contributed by atoms with van der Waals surface area (Å²) in [4.78, 5) is 14.3. The zero-order valence-electron chi connectivity index (χ0n) is 10.6. The Bertz CT molecular complexity index is 576. The summed E-state index contributed by atoms with van der Waals surface area (Å²) in [5, 5.41) is 8.57. The van der Waals surface area contributed by atoms with Gasteiger partial charge in [-0.3, -0.25) is 0 Å². The van der Waals surface area contributed by atoms with Crippen LogP contribution in [0.3, 0.4) is 0 Å². The summed E-state index contributed by atoms with van der Waals surface area (Å²) in [6, 6.07) is 2.44. The van der Waals surface area contributed by atoms with E-state index in [0.717, 1.165) is 25.5 Å². The topological polar surface area (TPSA) is 96.4 Å². The fourth-order valence-electron chi connectivity index (χ4n) is 1.82. The molecular weight excluding hydrogens is 268 g/mol. The van der Waals surface area contributed by atoms with Crippen LogP contribution in [-0.2, 0) is 10.0 Å². The van der Waals surface area contributed by atoms with E-state index in [-0.39, 0.29) is 16.0 Å². The minimum atomic E-state index is -3.66. The van der Waals surface area contributed by atoms with Crippen molar-refractivity contribution >= 4 is 16.0 Å². The predicted molar refractivity (Wildman–Crippen MR) is 68.3 cm³/mol. The number of sulfonamides is 1. The van der Waals surface area contributed by atoms with Gasteiger partial charge in [0, 0.05) is 12.7 Å². The van der Waals surface area contributed by atoms with E-state index < -0.39 is 16.0 Å². The zero-order chi connectivity index (χ0) is 14.1. The first-order valence-electron chi connectivity index (χ1n) is 6.08. The van der Waals surface area contributed by atoms with Gasteiger partial charge in [0.25, 0.3) is 10.0 Å². The van der Waals surface area contributed by atoms with E-state index in [9.17, 15) is 13.2 Å². The van der Waals surface area contributed by atoms with Crippen LogP contribution in [-0.4, -0.2) is 31.0 Å². The van der Waals surface area contributed by atoms with Gasteiger partial charge in [-0.2, -0.15) is 0 Å². The molecule has 0 bridgehead atoms. The normalized spacial score (nSPS) is 17.1. The Morgan fingerprint density at radius 1 is 1.47 bits per heavy atom. The van der Waals surface area contributed by atoms with E-state index in [1.54, 1.807) is 0 Å². The molecule has 1 aromatic rings. The first-order valence-corrected chi connectivity index (χ1v) is 7.56. The first-order chi connectivity index (χ1) is 8.88. The largest absolute Gasteiger partial charge is 0.478 e. The molecule has 1 aliphatic carbocycles. The predicted octanol–water partition coefficient (Wildman–Crippen LogP) is 1.25. The summed E-state index contributed by atoms with van der Waals surface area (Å²) in [6.45, 7) is 2.45. The van der Waals surface area contributed by atoms with Crippen molar-refractivity contribution in [1.82, 2.24) is 9.71 Å². The second-order valence-electron chi connectivity index (χ2n) is 4.87. The highest BCUT2D eigenvalue weighted by Crippen LogP contribution is 2.48. The maximum absolute atomic E-state index is 12.0. The molecule has 104 valence electrons. The van der Waals surface area contributed by atoms with E-state index in [0.29, 0.717) is 6.54 Å². The van der Waals surface area contributed by atoms with Crippen LogP contribution in [0.4, 0.5) is 0 Å². The maximum atomic E-state index is 12.0. The number of nitrogens with zero attached hydrogens (tertiary/aromatic N) is 1. The summed E-state index contributed by atoms with van der Waals surface area (Å²) in [7, 11) is -3.66. The monoisotopic (exact) mass is 284 g/mol. The van der Waals surface area contributed by atoms with E-state index >= 15 is 0 Å². The Morgan fingerprint density at radius 3 is 2.58 bits per heavy atom. The fraction of sp³-hybridized carbons (Fsp3) is 0.500. The van der Waals surface area contributed by atoms with Gasteiger partial charge in [-0.25, -0.2) is 22.9 Å². The lowest BCUT2D eigenvalue weighted by molar-refractivity contribution is 0.0696. The van der Waals surface area contributed by atoms with Crippen LogP contribution in [0.2, 0.25) is 0 Å². The van der Waals surface area contributed by atoms with Crippen molar-refractivity contribution in [2.45, 2.75) is 31.2 Å². The zero-order valence-corrected chi connectivity index (χ0v) is 11.4.